The minimum absolute atomic E-state index is 0.408. The van der Waals surface area contributed by atoms with Crippen LogP contribution in [0.1, 0.15) is 62.2 Å². The maximum Gasteiger partial charge on any atom is 0.171 e. The molecule has 0 aromatic carbocycles. The average molecular weight is 405 g/mol. The number of aromatic nitrogens is 8. The van der Waals surface area contributed by atoms with E-state index in [9.17, 15) is 0 Å². The fraction of sp³-hybridized carbons (Fsp3) is 0.364. The Labute approximate surface area is 177 Å². The highest BCUT2D eigenvalue weighted by atomic mass is 15.3. The van der Waals surface area contributed by atoms with Crippen molar-refractivity contribution in [2.45, 2.75) is 53.4 Å². The second-order valence-corrected chi connectivity index (χ2v) is 7.77. The van der Waals surface area contributed by atoms with Crippen LogP contribution in [-0.4, -0.2) is 39.5 Å². The third-order valence-corrected chi connectivity index (χ3v) is 4.40. The molecule has 156 valence electrons. The average Bonchev–Trinajstić information content (AvgIpc) is 3.37. The maximum absolute atomic E-state index is 4.34. The molecule has 0 aliphatic heterocycles. The summed E-state index contributed by atoms with van der Waals surface area (Å²) in [4.78, 5) is 17.3. The molecule has 0 unspecified atom stereocenters. The van der Waals surface area contributed by atoms with Crippen molar-refractivity contribution in [3.8, 4) is 11.6 Å². The Hall–Kier alpha value is -3.42. The first-order valence-electron chi connectivity index (χ1n) is 10.0. The van der Waals surface area contributed by atoms with Gasteiger partial charge in [-0.25, -0.2) is 19.3 Å². The molecule has 0 atom stereocenters. The zero-order chi connectivity index (χ0) is 21.7. The smallest absolute Gasteiger partial charge is 0.171 e. The molecule has 30 heavy (non-hydrogen) atoms. The molecular weight excluding hydrogens is 376 g/mol. The number of rotatable bonds is 4. The van der Waals surface area contributed by atoms with E-state index in [0.717, 1.165) is 34.3 Å². The Morgan fingerprint density at radius 3 is 1.63 bits per heavy atom. The topological polar surface area (TPSA) is 87.2 Å². The van der Waals surface area contributed by atoms with Crippen molar-refractivity contribution in [2.24, 2.45) is 0 Å². The van der Waals surface area contributed by atoms with E-state index in [1.165, 1.54) is 0 Å². The molecule has 4 aromatic heterocycles. The molecular formula is C22H28N8. The first-order chi connectivity index (χ1) is 14.3. The Kier molecular flexibility index (Phi) is 6.66. The highest BCUT2D eigenvalue weighted by Crippen LogP contribution is 2.12. The molecule has 0 fully saturated rings. The molecule has 8 heteroatoms. The van der Waals surface area contributed by atoms with E-state index in [1.54, 1.807) is 40.3 Å². The van der Waals surface area contributed by atoms with Crippen molar-refractivity contribution in [1.29, 1.82) is 0 Å². The summed E-state index contributed by atoms with van der Waals surface area (Å²) < 4.78 is 3.46. The van der Waals surface area contributed by atoms with Crippen molar-refractivity contribution < 1.29 is 0 Å². The van der Waals surface area contributed by atoms with E-state index in [1.807, 2.05) is 32.3 Å². The minimum Gasteiger partial charge on any atom is -0.255 e. The highest BCUT2D eigenvalue weighted by Gasteiger charge is 2.04. The van der Waals surface area contributed by atoms with Gasteiger partial charge < -0.3 is 0 Å². The van der Waals surface area contributed by atoms with Crippen LogP contribution in [0.15, 0.2) is 49.4 Å². The van der Waals surface area contributed by atoms with E-state index in [0.29, 0.717) is 11.8 Å². The van der Waals surface area contributed by atoms with Gasteiger partial charge in [-0.2, -0.15) is 10.2 Å². The second kappa shape index (κ2) is 9.39. The lowest BCUT2D eigenvalue weighted by molar-refractivity contribution is 0.780. The fourth-order valence-corrected chi connectivity index (χ4v) is 2.58. The lowest BCUT2D eigenvalue weighted by Gasteiger charge is -2.04. The van der Waals surface area contributed by atoms with Crippen LogP contribution in [0.3, 0.4) is 0 Å². The predicted molar refractivity (Wildman–Crippen MR) is 116 cm³/mol. The summed E-state index contributed by atoms with van der Waals surface area (Å²) in [7, 11) is 0. The molecule has 4 aromatic rings. The third kappa shape index (κ3) is 5.34. The summed E-state index contributed by atoms with van der Waals surface area (Å²) in [6, 6.07) is 1.94. The predicted octanol–water partition coefficient (Wildman–Crippen LogP) is 4.19. The standard InChI is InChI=1S/2C11H14N4/c1-8(2)10-5-13-11(6-12-10)15-7-9(3)4-14-15;1-8(2)10-6-13-11(7-12-10)15-5-4-9(3)14-15/h2*4-8H,1-3H3. The molecule has 0 bridgehead atoms. The summed E-state index contributed by atoms with van der Waals surface area (Å²) in [5.74, 6) is 2.33. The van der Waals surface area contributed by atoms with E-state index in [2.05, 4.69) is 57.8 Å². The lowest BCUT2D eigenvalue weighted by atomic mass is 10.1. The number of hydrogen-bond acceptors (Lipinski definition) is 6. The van der Waals surface area contributed by atoms with Crippen molar-refractivity contribution in [3.63, 3.8) is 0 Å². The Morgan fingerprint density at radius 1 is 0.700 bits per heavy atom. The van der Waals surface area contributed by atoms with Gasteiger partial charge in [-0.15, -0.1) is 0 Å². The summed E-state index contributed by atoms with van der Waals surface area (Å²) >= 11 is 0. The van der Waals surface area contributed by atoms with Gasteiger partial charge in [-0.3, -0.25) is 9.97 Å². The molecule has 0 saturated carbocycles. The van der Waals surface area contributed by atoms with Gasteiger partial charge in [0.15, 0.2) is 11.6 Å². The Bertz CT molecular complexity index is 971. The summed E-state index contributed by atoms with van der Waals surface area (Å²) in [6.07, 6.45) is 12.7. The van der Waals surface area contributed by atoms with Crippen molar-refractivity contribution in [3.05, 3.63) is 72.1 Å². The molecule has 0 amide bonds. The van der Waals surface area contributed by atoms with Crippen molar-refractivity contribution in [2.75, 3.05) is 0 Å². The molecule has 4 rings (SSSR count). The fourth-order valence-electron chi connectivity index (χ4n) is 2.58. The van der Waals surface area contributed by atoms with Gasteiger partial charge in [-0.1, -0.05) is 27.7 Å². The van der Waals surface area contributed by atoms with E-state index >= 15 is 0 Å². The zero-order valence-electron chi connectivity index (χ0n) is 18.4. The van der Waals surface area contributed by atoms with Gasteiger partial charge in [0, 0.05) is 12.4 Å². The molecule has 0 aliphatic carbocycles. The molecule has 0 N–H and O–H groups in total. The molecule has 0 saturated heterocycles. The number of aryl methyl sites for hydroxylation is 2. The molecule has 0 aliphatic rings. The normalized spacial score (nSPS) is 10.9. The zero-order valence-corrected chi connectivity index (χ0v) is 18.4. The maximum atomic E-state index is 4.34. The Balaban J connectivity index is 0.000000171. The van der Waals surface area contributed by atoms with Crippen LogP contribution < -0.4 is 0 Å². The van der Waals surface area contributed by atoms with Crippen LogP contribution in [0.25, 0.3) is 11.6 Å². The molecule has 0 spiro atoms. The van der Waals surface area contributed by atoms with Crippen LogP contribution in [-0.2, 0) is 0 Å². The largest absolute Gasteiger partial charge is 0.255 e. The number of hydrogen-bond donors (Lipinski definition) is 0. The van der Waals surface area contributed by atoms with E-state index in [4.69, 9.17) is 0 Å². The quantitative estimate of drug-likeness (QED) is 0.507. The van der Waals surface area contributed by atoms with Gasteiger partial charge in [0.1, 0.15) is 0 Å². The lowest BCUT2D eigenvalue weighted by Crippen LogP contribution is -2.01. The summed E-state index contributed by atoms with van der Waals surface area (Å²) in [5.41, 5.74) is 4.10. The molecule has 8 nitrogen and oxygen atoms in total. The van der Waals surface area contributed by atoms with Gasteiger partial charge in [0.25, 0.3) is 0 Å². The number of nitrogens with zero attached hydrogens (tertiary/aromatic N) is 8. The third-order valence-electron chi connectivity index (χ3n) is 4.40. The van der Waals surface area contributed by atoms with E-state index < -0.39 is 0 Å². The van der Waals surface area contributed by atoms with Crippen LogP contribution in [0, 0.1) is 13.8 Å². The SMILES string of the molecule is Cc1ccn(-c2cnc(C(C)C)cn2)n1.Cc1cnn(-c2cnc(C(C)C)cn2)c1. The minimum atomic E-state index is 0.408. The van der Waals surface area contributed by atoms with Gasteiger partial charge in [0.05, 0.1) is 48.1 Å². The highest BCUT2D eigenvalue weighted by molar-refractivity contribution is 5.21. The van der Waals surface area contributed by atoms with Crippen LogP contribution in [0.5, 0.6) is 0 Å². The van der Waals surface area contributed by atoms with Crippen molar-refractivity contribution in [1.82, 2.24) is 39.5 Å². The van der Waals surface area contributed by atoms with Gasteiger partial charge in [0.2, 0.25) is 0 Å². The van der Waals surface area contributed by atoms with Gasteiger partial charge >= 0.3 is 0 Å². The first kappa shape index (κ1) is 21.3. The van der Waals surface area contributed by atoms with E-state index in [-0.39, 0.29) is 0 Å². The first-order valence-corrected chi connectivity index (χ1v) is 10.0. The molecule has 4 heterocycles. The van der Waals surface area contributed by atoms with Gasteiger partial charge in [-0.05, 0) is 37.3 Å². The second-order valence-electron chi connectivity index (χ2n) is 7.77. The monoisotopic (exact) mass is 404 g/mol. The van der Waals surface area contributed by atoms with Crippen molar-refractivity contribution >= 4 is 0 Å². The summed E-state index contributed by atoms with van der Waals surface area (Å²) in [6.45, 7) is 12.3. The molecule has 0 radical (unpaired) electrons. The Morgan fingerprint density at radius 2 is 1.27 bits per heavy atom. The van der Waals surface area contributed by atoms with Crippen LogP contribution >= 0.6 is 0 Å². The van der Waals surface area contributed by atoms with Crippen LogP contribution in [0.2, 0.25) is 0 Å². The van der Waals surface area contributed by atoms with Crippen LogP contribution in [0.4, 0.5) is 0 Å². The summed E-state index contributed by atoms with van der Waals surface area (Å²) in [5, 5.41) is 8.44.